The number of halogens is 3. The summed E-state index contributed by atoms with van der Waals surface area (Å²) in [5, 5.41) is 13.7. The molecule has 3 rings (SSSR count). The number of aromatic nitrogens is 1. The molecule has 0 fully saturated rings. The number of carbonyl (C=O) groups excluding carboxylic acids is 1. The minimum atomic E-state index is -5.08. The monoisotopic (exact) mass is 505 g/mol. The Hall–Kier alpha value is -3.53. The number of amides is 2. The van der Waals surface area contributed by atoms with E-state index in [1.54, 1.807) is 18.0 Å². The highest BCUT2D eigenvalue weighted by Crippen LogP contribution is 2.38. The molecule has 0 aliphatic carbocycles. The molecule has 0 aliphatic heterocycles. The standard InChI is InChI=1S/C23H25N3OS.C2HF3O2/c1-16-11-13-17(14-12-16)25-22(27)26-19-9-7-15-24-21(19)28-20-10-6-5-8-18(20)23(2,3)4;3-2(4,5)1(6)7/h5-15H,1-4H3,(H2,25,26,27);(H,6,7). The van der Waals surface area contributed by atoms with Gasteiger partial charge in [0.05, 0.1) is 5.69 Å². The normalized spacial score (nSPS) is 11.2. The Morgan fingerprint density at radius 3 is 2.09 bits per heavy atom. The van der Waals surface area contributed by atoms with Crippen LogP contribution in [0.1, 0.15) is 31.9 Å². The molecule has 0 saturated heterocycles. The van der Waals surface area contributed by atoms with Crippen molar-refractivity contribution in [3.8, 4) is 0 Å². The van der Waals surface area contributed by atoms with Gasteiger partial charge in [-0.05, 0) is 48.2 Å². The van der Waals surface area contributed by atoms with Crippen molar-refractivity contribution in [3.05, 3.63) is 78.0 Å². The lowest BCUT2D eigenvalue weighted by atomic mass is 9.87. The first kappa shape index (κ1) is 27.7. The van der Waals surface area contributed by atoms with E-state index in [4.69, 9.17) is 9.90 Å². The molecule has 3 aromatic rings. The Bertz CT molecular complexity index is 1160. The number of carboxylic acids is 1. The highest BCUT2D eigenvalue weighted by atomic mass is 32.2. The molecule has 0 spiro atoms. The van der Waals surface area contributed by atoms with Crippen LogP contribution in [0.4, 0.5) is 29.3 Å². The second-order valence-electron chi connectivity index (χ2n) is 8.45. The van der Waals surface area contributed by atoms with Gasteiger partial charge < -0.3 is 15.7 Å². The van der Waals surface area contributed by atoms with Crippen LogP contribution in [-0.2, 0) is 10.2 Å². The van der Waals surface area contributed by atoms with Crippen molar-refractivity contribution < 1.29 is 27.9 Å². The zero-order valence-corrected chi connectivity index (χ0v) is 20.4. The Morgan fingerprint density at radius 1 is 0.914 bits per heavy atom. The van der Waals surface area contributed by atoms with E-state index in [0.29, 0.717) is 5.69 Å². The van der Waals surface area contributed by atoms with Crippen molar-refractivity contribution in [3.63, 3.8) is 0 Å². The van der Waals surface area contributed by atoms with E-state index in [2.05, 4.69) is 54.6 Å². The van der Waals surface area contributed by atoms with Crippen molar-refractivity contribution in [1.29, 1.82) is 0 Å². The number of benzene rings is 2. The summed E-state index contributed by atoms with van der Waals surface area (Å²) < 4.78 is 31.7. The maximum absolute atomic E-state index is 12.4. The van der Waals surface area contributed by atoms with Gasteiger partial charge in [0.15, 0.2) is 0 Å². The number of hydrogen-bond donors (Lipinski definition) is 3. The van der Waals surface area contributed by atoms with E-state index in [0.717, 1.165) is 21.2 Å². The van der Waals surface area contributed by atoms with Crippen LogP contribution in [0.15, 0.2) is 76.8 Å². The Morgan fingerprint density at radius 2 is 1.51 bits per heavy atom. The summed E-state index contributed by atoms with van der Waals surface area (Å²) >= 11 is 1.56. The van der Waals surface area contributed by atoms with Crippen LogP contribution >= 0.6 is 11.8 Å². The second-order valence-corrected chi connectivity index (χ2v) is 9.48. The molecule has 2 amide bonds. The molecule has 0 aliphatic rings. The van der Waals surface area contributed by atoms with Crippen molar-refractivity contribution in [1.82, 2.24) is 4.98 Å². The maximum Gasteiger partial charge on any atom is 0.490 e. The molecule has 0 saturated carbocycles. The molecule has 1 aromatic heterocycles. The molecule has 2 aromatic carbocycles. The molecular weight excluding hydrogens is 479 g/mol. The predicted octanol–water partition coefficient (Wildman–Crippen LogP) is 7.12. The first-order valence-corrected chi connectivity index (χ1v) is 11.3. The number of nitrogens with zero attached hydrogens (tertiary/aromatic N) is 1. The zero-order valence-electron chi connectivity index (χ0n) is 19.6. The average molecular weight is 506 g/mol. The van der Waals surface area contributed by atoms with Gasteiger partial charge in [0, 0.05) is 16.8 Å². The minimum absolute atomic E-state index is 0.0226. The highest BCUT2D eigenvalue weighted by molar-refractivity contribution is 7.99. The van der Waals surface area contributed by atoms with E-state index in [9.17, 15) is 18.0 Å². The summed E-state index contributed by atoms with van der Waals surface area (Å²) in [4.78, 5) is 27.0. The number of alkyl halides is 3. The molecule has 1 heterocycles. The maximum atomic E-state index is 12.4. The lowest BCUT2D eigenvalue weighted by molar-refractivity contribution is -0.192. The zero-order chi connectivity index (χ0) is 26.2. The number of pyridine rings is 1. The number of carbonyl (C=O) groups is 2. The number of hydrogen-bond acceptors (Lipinski definition) is 4. The van der Waals surface area contributed by atoms with Crippen LogP contribution in [0, 0.1) is 6.92 Å². The van der Waals surface area contributed by atoms with Gasteiger partial charge in [0.2, 0.25) is 0 Å². The number of anilines is 2. The van der Waals surface area contributed by atoms with Gasteiger partial charge in [-0.25, -0.2) is 14.6 Å². The van der Waals surface area contributed by atoms with E-state index >= 15 is 0 Å². The van der Waals surface area contributed by atoms with Gasteiger partial charge in [0.1, 0.15) is 5.03 Å². The van der Waals surface area contributed by atoms with Crippen LogP contribution in [0.5, 0.6) is 0 Å². The Labute approximate surface area is 206 Å². The lowest BCUT2D eigenvalue weighted by Gasteiger charge is -2.22. The van der Waals surface area contributed by atoms with Crippen LogP contribution in [0.3, 0.4) is 0 Å². The second kappa shape index (κ2) is 11.7. The predicted molar refractivity (Wildman–Crippen MR) is 131 cm³/mol. The van der Waals surface area contributed by atoms with Crippen LogP contribution < -0.4 is 10.6 Å². The highest BCUT2D eigenvalue weighted by Gasteiger charge is 2.38. The fraction of sp³-hybridized carbons (Fsp3) is 0.240. The van der Waals surface area contributed by atoms with Crippen molar-refractivity contribution in [2.75, 3.05) is 10.6 Å². The summed E-state index contributed by atoms with van der Waals surface area (Å²) in [5.41, 5.74) is 3.85. The van der Waals surface area contributed by atoms with Gasteiger partial charge >= 0.3 is 18.2 Å². The molecular formula is C25H26F3N3O3S. The molecule has 0 atom stereocenters. The number of aryl methyl sites for hydroxylation is 1. The summed E-state index contributed by atoms with van der Waals surface area (Å²) in [6.45, 7) is 8.59. The molecule has 3 N–H and O–H groups in total. The third-order valence-electron chi connectivity index (χ3n) is 4.47. The number of nitrogens with one attached hydrogen (secondary N) is 2. The fourth-order valence-electron chi connectivity index (χ4n) is 2.77. The third kappa shape index (κ3) is 8.97. The molecule has 186 valence electrons. The van der Waals surface area contributed by atoms with Crippen molar-refractivity contribution >= 4 is 35.1 Å². The van der Waals surface area contributed by atoms with Gasteiger partial charge in [-0.1, -0.05) is 68.4 Å². The topological polar surface area (TPSA) is 91.3 Å². The number of carboxylic acid groups (broad SMARTS) is 1. The SMILES string of the molecule is Cc1ccc(NC(=O)Nc2cccnc2Sc2ccccc2C(C)(C)C)cc1.O=C(O)C(F)(F)F. The van der Waals surface area contributed by atoms with Gasteiger partial charge in [0.25, 0.3) is 0 Å². The number of urea groups is 1. The van der Waals surface area contributed by atoms with Crippen molar-refractivity contribution in [2.45, 2.75) is 49.2 Å². The van der Waals surface area contributed by atoms with E-state index in [1.165, 1.54) is 5.56 Å². The van der Waals surface area contributed by atoms with Crippen LogP contribution in [0.25, 0.3) is 0 Å². The Kier molecular flexibility index (Phi) is 9.30. The first-order chi connectivity index (χ1) is 16.3. The van der Waals surface area contributed by atoms with Gasteiger partial charge in [-0.2, -0.15) is 13.2 Å². The molecule has 0 bridgehead atoms. The lowest BCUT2D eigenvalue weighted by Crippen LogP contribution is -2.21. The van der Waals surface area contributed by atoms with Crippen LogP contribution in [-0.4, -0.2) is 28.3 Å². The van der Waals surface area contributed by atoms with Crippen LogP contribution in [0.2, 0.25) is 0 Å². The molecule has 6 nitrogen and oxygen atoms in total. The Balaban J connectivity index is 0.000000540. The van der Waals surface area contributed by atoms with E-state index in [-0.39, 0.29) is 11.4 Å². The summed E-state index contributed by atoms with van der Waals surface area (Å²) in [6.07, 6.45) is -3.34. The van der Waals surface area contributed by atoms with E-state index < -0.39 is 12.1 Å². The van der Waals surface area contributed by atoms with Gasteiger partial charge in [-0.3, -0.25) is 0 Å². The van der Waals surface area contributed by atoms with Crippen molar-refractivity contribution in [2.24, 2.45) is 0 Å². The summed E-state index contributed by atoms with van der Waals surface area (Å²) in [6, 6.07) is 19.4. The smallest absolute Gasteiger partial charge is 0.475 e. The van der Waals surface area contributed by atoms with Gasteiger partial charge in [-0.15, -0.1) is 0 Å². The molecule has 35 heavy (non-hydrogen) atoms. The fourth-order valence-corrected chi connectivity index (χ4v) is 3.95. The number of aliphatic carboxylic acids is 1. The number of rotatable bonds is 4. The minimum Gasteiger partial charge on any atom is -0.475 e. The largest absolute Gasteiger partial charge is 0.490 e. The average Bonchev–Trinajstić information content (AvgIpc) is 2.76. The third-order valence-corrected chi connectivity index (χ3v) is 5.57. The van der Waals surface area contributed by atoms with E-state index in [1.807, 2.05) is 49.4 Å². The quantitative estimate of drug-likeness (QED) is 0.351. The summed E-state index contributed by atoms with van der Waals surface area (Å²) in [7, 11) is 0. The first-order valence-electron chi connectivity index (χ1n) is 10.4. The molecule has 0 unspecified atom stereocenters. The molecule has 10 heteroatoms. The molecule has 0 radical (unpaired) electrons. The summed E-state index contributed by atoms with van der Waals surface area (Å²) in [5.74, 6) is -2.76.